The van der Waals surface area contributed by atoms with E-state index in [1.807, 2.05) is 0 Å². The van der Waals surface area contributed by atoms with Crippen molar-refractivity contribution in [3.8, 4) is 5.75 Å². The number of likely N-dealkylation sites (N-methyl/N-ethyl adjacent to an activating group) is 1. The Labute approximate surface area is 197 Å². The van der Waals surface area contributed by atoms with Gasteiger partial charge in [-0.3, -0.25) is 4.90 Å². The van der Waals surface area contributed by atoms with Crippen molar-refractivity contribution in [3.05, 3.63) is 95.2 Å². The van der Waals surface area contributed by atoms with Crippen LogP contribution in [0.2, 0.25) is 0 Å². The molecule has 3 unspecified atom stereocenters. The Bertz CT molecular complexity index is 1260. The van der Waals surface area contributed by atoms with Crippen LogP contribution in [0.3, 0.4) is 0 Å². The molecule has 0 bridgehead atoms. The molecule has 0 radical (unpaired) electrons. The lowest BCUT2D eigenvalue weighted by molar-refractivity contribution is 0.242. The highest BCUT2D eigenvalue weighted by Gasteiger charge is 2.42. The number of aryl methyl sites for hydroxylation is 1. The average molecular weight is 439 g/mol. The molecule has 1 aliphatic heterocycles. The Hall–Kier alpha value is -3.04. The lowest BCUT2D eigenvalue weighted by atomic mass is 9.81. The number of para-hydroxylation sites is 1. The number of likely N-dealkylation sites (tertiary alicyclic amines) is 1. The Morgan fingerprint density at radius 2 is 1.67 bits per heavy atom. The molecule has 0 amide bonds. The molecular formula is C30H34N2O. The van der Waals surface area contributed by atoms with Crippen molar-refractivity contribution >= 4 is 16.5 Å². The minimum Gasteiger partial charge on any atom is -0.497 e. The lowest BCUT2D eigenvalue weighted by Crippen LogP contribution is -2.35. The number of rotatable bonds is 5. The highest BCUT2D eigenvalue weighted by atomic mass is 16.5. The van der Waals surface area contributed by atoms with Gasteiger partial charge in [0.25, 0.3) is 0 Å². The molecule has 0 N–H and O–H groups in total. The van der Waals surface area contributed by atoms with Gasteiger partial charge < -0.3 is 9.30 Å². The van der Waals surface area contributed by atoms with Crippen LogP contribution in [0.25, 0.3) is 16.5 Å². The van der Waals surface area contributed by atoms with E-state index in [1.54, 1.807) is 7.11 Å². The van der Waals surface area contributed by atoms with Crippen molar-refractivity contribution in [2.75, 3.05) is 13.7 Å². The monoisotopic (exact) mass is 438 g/mol. The first-order valence-corrected chi connectivity index (χ1v) is 12.2. The third-order valence-corrected chi connectivity index (χ3v) is 7.63. The van der Waals surface area contributed by atoms with Gasteiger partial charge in [-0.25, -0.2) is 0 Å². The second kappa shape index (κ2) is 8.72. The maximum atomic E-state index is 5.49. The van der Waals surface area contributed by atoms with Crippen molar-refractivity contribution in [1.82, 2.24) is 9.47 Å². The topological polar surface area (TPSA) is 17.4 Å². The van der Waals surface area contributed by atoms with Gasteiger partial charge in [0.2, 0.25) is 0 Å². The van der Waals surface area contributed by atoms with E-state index >= 15 is 0 Å². The van der Waals surface area contributed by atoms with Gasteiger partial charge in [0, 0.05) is 46.7 Å². The molecule has 1 saturated heterocycles. The molecule has 2 heterocycles. The Morgan fingerprint density at radius 3 is 2.36 bits per heavy atom. The van der Waals surface area contributed by atoms with Crippen LogP contribution in [0.15, 0.2) is 78.4 Å². The molecule has 170 valence electrons. The second-order valence-corrected chi connectivity index (χ2v) is 9.07. The number of ether oxygens (including phenoxy) is 1. The van der Waals surface area contributed by atoms with Crippen molar-refractivity contribution in [1.29, 1.82) is 0 Å². The number of fused-ring (bicyclic) bond motifs is 2. The van der Waals surface area contributed by atoms with Gasteiger partial charge in [0.15, 0.2) is 0 Å². The number of allylic oxidation sites excluding steroid dienone is 2. The van der Waals surface area contributed by atoms with Crippen LogP contribution in [0.5, 0.6) is 5.75 Å². The van der Waals surface area contributed by atoms with Gasteiger partial charge in [-0.05, 0) is 62.2 Å². The Morgan fingerprint density at radius 1 is 0.939 bits per heavy atom. The molecule has 5 rings (SSSR count). The number of hydrogen-bond donors (Lipinski definition) is 0. The van der Waals surface area contributed by atoms with Gasteiger partial charge in [0.05, 0.1) is 7.11 Å². The fourth-order valence-corrected chi connectivity index (χ4v) is 6.14. The quantitative estimate of drug-likeness (QED) is 0.446. The Kier molecular flexibility index (Phi) is 5.76. The van der Waals surface area contributed by atoms with Crippen LogP contribution in [-0.4, -0.2) is 35.2 Å². The summed E-state index contributed by atoms with van der Waals surface area (Å²) in [6.45, 7) is 11.2. The summed E-state index contributed by atoms with van der Waals surface area (Å²) in [5.74, 6) is 1.27. The number of methoxy groups -OCH3 is 1. The van der Waals surface area contributed by atoms with Gasteiger partial charge >= 0.3 is 0 Å². The molecule has 3 atom stereocenters. The van der Waals surface area contributed by atoms with E-state index in [0.717, 1.165) is 18.8 Å². The van der Waals surface area contributed by atoms with E-state index in [9.17, 15) is 0 Å². The predicted molar refractivity (Wildman–Crippen MR) is 139 cm³/mol. The van der Waals surface area contributed by atoms with Crippen molar-refractivity contribution in [2.45, 2.75) is 46.3 Å². The zero-order valence-corrected chi connectivity index (χ0v) is 20.4. The standard InChI is InChI=1S/C30H34N2O/c1-6-31-20(3)28(24-12-8-10-14-26(24)31)30(22-16-18-23(33-5)19-17-22)29-21(4)32(7-2)27-15-11-9-13-25(27)29/h8-20,24,26H,6-7H2,1-5H3. The molecule has 2 aromatic carbocycles. The fraction of sp³-hybridized carbons (Fsp3) is 0.333. The molecule has 0 saturated carbocycles. The maximum absolute atomic E-state index is 5.49. The summed E-state index contributed by atoms with van der Waals surface area (Å²) in [5, 5.41) is 1.34. The van der Waals surface area contributed by atoms with Crippen LogP contribution >= 0.6 is 0 Å². The van der Waals surface area contributed by atoms with Crippen LogP contribution in [0.1, 0.15) is 37.6 Å². The predicted octanol–water partition coefficient (Wildman–Crippen LogP) is 6.61. The van der Waals surface area contributed by atoms with E-state index in [2.05, 4.69) is 110 Å². The van der Waals surface area contributed by atoms with Crippen molar-refractivity contribution < 1.29 is 4.74 Å². The lowest BCUT2D eigenvalue weighted by Gasteiger charge is -2.26. The van der Waals surface area contributed by atoms with Gasteiger partial charge in [-0.1, -0.05) is 61.6 Å². The molecular weight excluding hydrogens is 404 g/mol. The smallest absolute Gasteiger partial charge is 0.118 e. The minimum absolute atomic E-state index is 0.359. The molecule has 1 aromatic heterocycles. The summed E-state index contributed by atoms with van der Waals surface area (Å²) in [6.07, 6.45) is 9.22. The van der Waals surface area contributed by atoms with Crippen molar-refractivity contribution in [2.24, 2.45) is 5.92 Å². The fourth-order valence-electron chi connectivity index (χ4n) is 6.14. The second-order valence-electron chi connectivity index (χ2n) is 9.07. The van der Waals surface area contributed by atoms with E-state index in [1.165, 1.54) is 38.9 Å². The minimum atomic E-state index is 0.359. The SMILES string of the molecule is CCN1C(C)C(=C(c2ccc(OC)cc2)c2c(C)n(CC)c3ccccc23)C2C=CC=CC21. The summed E-state index contributed by atoms with van der Waals surface area (Å²) < 4.78 is 7.95. The van der Waals surface area contributed by atoms with E-state index in [0.29, 0.717) is 18.0 Å². The molecule has 3 nitrogen and oxygen atoms in total. The molecule has 3 heteroatoms. The number of hydrogen-bond acceptors (Lipinski definition) is 2. The van der Waals surface area contributed by atoms with Gasteiger partial charge in [-0.15, -0.1) is 0 Å². The normalized spacial score (nSPS) is 23.8. The summed E-state index contributed by atoms with van der Waals surface area (Å²) in [5.41, 5.74) is 8.20. The molecule has 33 heavy (non-hydrogen) atoms. The molecule has 2 aliphatic rings. The number of nitrogens with zero attached hydrogens (tertiary/aromatic N) is 2. The van der Waals surface area contributed by atoms with Crippen molar-refractivity contribution in [3.63, 3.8) is 0 Å². The highest BCUT2D eigenvalue weighted by molar-refractivity contribution is 6.00. The summed E-state index contributed by atoms with van der Waals surface area (Å²) in [7, 11) is 1.73. The first-order valence-electron chi connectivity index (χ1n) is 12.2. The molecule has 0 spiro atoms. The van der Waals surface area contributed by atoms with Gasteiger partial charge in [0.1, 0.15) is 5.75 Å². The van der Waals surface area contributed by atoms with E-state index in [4.69, 9.17) is 4.74 Å². The molecule has 3 aromatic rings. The van der Waals surface area contributed by atoms with E-state index < -0.39 is 0 Å². The van der Waals surface area contributed by atoms with E-state index in [-0.39, 0.29) is 0 Å². The maximum Gasteiger partial charge on any atom is 0.118 e. The number of aromatic nitrogens is 1. The zero-order valence-electron chi connectivity index (χ0n) is 20.4. The number of benzene rings is 2. The summed E-state index contributed by atoms with van der Waals surface area (Å²) in [6, 6.07) is 18.3. The third-order valence-electron chi connectivity index (χ3n) is 7.63. The first kappa shape index (κ1) is 21.8. The van der Waals surface area contributed by atoms with Crippen LogP contribution < -0.4 is 4.74 Å². The van der Waals surface area contributed by atoms with Crippen LogP contribution in [0, 0.1) is 12.8 Å². The highest BCUT2D eigenvalue weighted by Crippen LogP contribution is 2.46. The zero-order chi connectivity index (χ0) is 23.1. The summed E-state index contributed by atoms with van der Waals surface area (Å²) >= 11 is 0. The van der Waals surface area contributed by atoms with Crippen LogP contribution in [0.4, 0.5) is 0 Å². The molecule has 1 fully saturated rings. The summed E-state index contributed by atoms with van der Waals surface area (Å²) in [4.78, 5) is 2.64. The average Bonchev–Trinajstić information content (AvgIpc) is 3.30. The third kappa shape index (κ3) is 3.38. The first-order chi connectivity index (χ1) is 16.1. The molecule has 1 aliphatic carbocycles. The largest absolute Gasteiger partial charge is 0.497 e. The van der Waals surface area contributed by atoms with Crippen LogP contribution in [-0.2, 0) is 6.54 Å². The van der Waals surface area contributed by atoms with Gasteiger partial charge in [-0.2, -0.15) is 0 Å². The Balaban J connectivity index is 1.86.